The van der Waals surface area contributed by atoms with E-state index in [-0.39, 0.29) is 5.91 Å². The first-order valence-corrected chi connectivity index (χ1v) is 6.71. The number of anilines is 1. The normalized spacial score (nSPS) is 9.57. The van der Waals surface area contributed by atoms with Crippen LogP contribution in [0.25, 0.3) is 0 Å². The highest BCUT2D eigenvalue weighted by Crippen LogP contribution is 2.22. The zero-order chi connectivity index (χ0) is 15.1. The van der Waals surface area contributed by atoms with Crippen LogP contribution in [0.1, 0.15) is 6.92 Å². The van der Waals surface area contributed by atoms with E-state index in [0.29, 0.717) is 5.11 Å². The van der Waals surface area contributed by atoms with Crippen molar-refractivity contribution in [3.05, 3.63) is 54.6 Å². The maximum atomic E-state index is 10.7. The van der Waals surface area contributed by atoms with E-state index in [2.05, 4.69) is 16.2 Å². The Labute approximate surface area is 128 Å². The van der Waals surface area contributed by atoms with Crippen molar-refractivity contribution in [2.45, 2.75) is 6.92 Å². The first-order valence-electron chi connectivity index (χ1n) is 6.30. The summed E-state index contributed by atoms with van der Waals surface area (Å²) in [4.78, 5) is 10.7. The number of para-hydroxylation sites is 1. The molecule has 5 nitrogen and oxygen atoms in total. The number of ether oxygens (including phenoxy) is 1. The lowest BCUT2D eigenvalue weighted by Gasteiger charge is -2.11. The van der Waals surface area contributed by atoms with Crippen LogP contribution in [0.4, 0.5) is 5.69 Å². The van der Waals surface area contributed by atoms with E-state index in [1.165, 1.54) is 6.92 Å². The van der Waals surface area contributed by atoms with E-state index in [9.17, 15) is 4.79 Å². The third-order valence-corrected chi connectivity index (χ3v) is 2.65. The second-order valence-corrected chi connectivity index (χ2v) is 4.61. The van der Waals surface area contributed by atoms with Crippen molar-refractivity contribution in [2.75, 3.05) is 5.32 Å². The molecule has 2 aromatic carbocycles. The average Bonchev–Trinajstić information content (AvgIpc) is 2.48. The molecule has 6 heteroatoms. The number of hydrogen-bond acceptors (Lipinski definition) is 3. The highest BCUT2D eigenvalue weighted by Gasteiger charge is 2.00. The Morgan fingerprint density at radius 3 is 2.19 bits per heavy atom. The Morgan fingerprint density at radius 2 is 1.57 bits per heavy atom. The predicted molar refractivity (Wildman–Crippen MR) is 86.1 cm³/mol. The second kappa shape index (κ2) is 7.25. The third kappa shape index (κ3) is 5.12. The van der Waals surface area contributed by atoms with E-state index in [4.69, 9.17) is 17.0 Å². The molecule has 0 radical (unpaired) electrons. The topological polar surface area (TPSA) is 62.4 Å². The van der Waals surface area contributed by atoms with Crippen LogP contribution in [-0.2, 0) is 4.79 Å². The Balaban J connectivity index is 1.90. The fourth-order valence-electron chi connectivity index (χ4n) is 1.54. The SMILES string of the molecule is CC(=O)NNC(=S)Nc1ccc(Oc2ccccc2)cc1. The summed E-state index contributed by atoms with van der Waals surface area (Å²) < 4.78 is 5.68. The van der Waals surface area contributed by atoms with Crippen LogP contribution in [0, 0.1) is 0 Å². The van der Waals surface area contributed by atoms with Crippen LogP contribution in [0.2, 0.25) is 0 Å². The van der Waals surface area contributed by atoms with Gasteiger partial charge in [-0.25, -0.2) is 0 Å². The van der Waals surface area contributed by atoms with Gasteiger partial charge in [0.25, 0.3) is 0 Å². The molecule has 0 aliphatic heterocycles. The lowest BCUT2D eigenvalue weighted by Crippen LogP contribution is -2.42. The van der Waals surface area contributed by atoms with Crippen molar-refractivity contribution in [3.8, 4) is 11.5 Å². The highest BCUT2D eigenvalue weighted by atomic mass is 32.1. The van der Waals surface area contributed by atoms with Gasteiger partial charge in [0.2, 0.25) is 5.91 Å². The van der Waals surface area contributed by atoms with Gasteiger partial charge in [-0.3, -0.25) is 15.6 Å². The molecule has 0 atom stereocenters. The molecule has 0 fully saturated rings. The van der Waals surface area contributed by atoms with Crippen LogP contribution in [0.5, 0.6) is 11.5 Å². The number of rotatable bonds is 3. The van der Waals surface area contributed by atoms with Gasteiger partial charge in [-0.15, -0.1) is 0 Å². The van der Waals surface area contributed by atoms with Gasteiger partial charge in [-0.05, 0) is 48.6 Å². The number of carbonyl (C=O) groups excluding carboxylic acids is 1. The fraction of sp³-hybridized carbons (Fsp3) is 0.0667. The van der Waals surface area contributed by atoms with Gasteiger partial charge >= 0.3 is 0 Å². The minimum atomic E-state index is -0.217. The lowest BCUT2D eigenvalue weighted by molar-refractivity contribution is -0.119. The summed E-state index contributed by atoms with van der Waals surface area (Å²) in [5, 5.41) is 3.25. The maximum Gasteiger partial charge on any atom is 0.235 e. The van der Waals surface area contributed by atoms with Gasteiger partial charge in [-0.1, -0.05) is 18.2 Å². The van der Waals surface area contributed by atoms with Crippen LogP contribution < -0.4 is 20.9 Å². The largest absolute Gasteiger partial charge is 0.457 e. The standard InChI is InChI=1S/C15H15N3O2S/c1-11(19)17-18-15(21)16-12-7-9-14(10-8-12)20-13-5-3-2-4-6-13/h2-10H,1H3,(H,17,19)(H2,16,18,21). The molecule has 1 amide bonds. The number of hydrogen-bond donors (Lipinski definition) is 3. The number of nitrogens with one attached hydrogen (secondary N) is 3. The molecule has 0 saturated carbocycles. The van der Waals surface area contributed by atoms with Crippen molar-refractivity contribution in [1.29, 1.82) is 0 Å². The average molecular weight is 301 g/mol. The van der Waals surface area contributed by atoms with E-state index < -0.39 is 0 Å². The molecule has 108 valence electrons. The molecule has 0 heterocycles. The smallest absolute Gasteiger partial charge is 0.235 e. The van der Waals surface area contributed by atoms with Crippen molar-refractivity contribution in [3.63, 3.8) is 0 Å². The van der Waals surface area contributed by atoms with Crippen molar-refractivity contribution in [1.82, 2.24) is 10.9 Å². The molecule has 0 unspecified atom stereocenters. The van der Waals surface area contributed by atoms with Crippen molar-refractivity contribution in [2.24, 2.45) is 0 Å². The van der Waals surface area contributed by atoms with Crippen LogP contribution in [0.3, 0.4) is 0 Å². The number of thiocarbonyl (C=S) groups is 1. The molecular formula is C15H15N3O2S. The summed E-state index contributed by atoms with van der Waals surface area (Å²) in [5.74, 6) is 1.29. The molecule has 0 aliphatic rings. The second-order valence-electron chi connectivity index (χ2n) is 4.20. The minimum absolute atomic E-state index is 0.217. The summed E-state index contributed by atoms with van der Waals surface area (Å²) in [5.41, 5.74) is 5.76. The summed E-state index contributed by atoms with van der Waals surface area (Å²) in [7, 11) is 0. The van der Waals surface area contributed by atoms with Gasteiger partial charge in [0.15, 0.2) is 5.11 Å². The fourth-order valence-corrected chi connectivity index (χ4v) is 1.71. The van der Waals surface area contributed by atoms with Crippen molar-refractivity contribution >= 4 is 28.9 Å². The summed E-state index contributed by atoms with van der Waals surface area (Å²) in [6, 6.07) is 16.9. The molecule has 2 rings (SSSR count). The molecule has 0 aromatic heterocycles. The molecular weight excluding hydrogens is 286 g/mol. The van der Waals surface area contributed by atoms with Crippen LogP contribution >= 0.6 is 12.2 Å². The number of carbonyl (C=O) groups is 1. The Bertz CT molecular complexity index is 615. The van der Waals surface area contributed by atoms with Crippen LogP contribution in [-0.4, -0.2) is 11.0 Å². The predicted octanol–water partition coefficient (Wildman–Crippen LogP) is 2.82. The zero-order valence-corrected chi connectivity index (χ0v) is 12.2. The first kappa shape index (κ1) is 14.8. The number of hydrazine groups is 1. The number of benzene rings is 2. The maximum absolute atomic E-state index is 10.7. The molecule has 21 heavy (non-hydrogen) atoms. The summed E-state index contributed by atoms with van der Waals surface area (Å²) in [6.45, 7) is 1.39. The van der Waals surface area contributed by atoms with E-state index >= 15 is 0 Å². The lowest BCUT2D eigenvalue weighted by atomic mass is 10.3. The van der Waals surface area contributed by atoms with Crippen molar-refractivity contribution < 1.29 is 9.53 Å². The summed E-state index contributed by atoms with van der Waals surface area (Å²) >= 11 is 5.02. The molecule has 0 bridgehead atoms. The molecule has 0 aliphatic carbocycles. The quantitative estimate of drug-likeness (QED) is 0.601. The molecule has 0 saturated heterocycles. The monoisotopic (exact) mass is 301 g/mol. The Hall–Kier alpha value is -2.60. The van der Waals surface area contributed by atoms with Crippen LogP contribution in [0.15, 0.2) is 54.6 Å². The first-order chi connectivity index (χ1) is 10.1. The van der Waals surface area contributed by atoms with Gasteiger partial charge < -0.3 is 10.1 Å². The minimum Gasteiger partial charge on any atom is -0.457 e. The summed E-state index contributed by atoms with van der Waals surface area (Å²) in [6.07, 6.45) is 0. The molecule has 3 N–H and O–H groups in total. The number of amides is 1. The van der Waals surface area contributed by atoms with Gasteiger partial charge in [0, 0.05) is 12.6 Å². The Morgan fingerprint density at radius 1 is 0.952 bits per heavy atom. The van der Waals surface area contributed by atoms with Gasteiger partial charge in [0.05, 0.1) is 0 Å². The van der Waals surface area contributed by atoms with Gasteiger partial charge in [0.1, 0.15) is 11.5 Å². The molecule has 0 spiro atoms. The molecule has 2 aromatic rings. The Kier molecular flexibility index (Phi) is 5.11. The van der Waals surface area contributed by atoms with Gasteiger partial charge in [-0.2, -0.15) is 0 Å². The highest BCUT2D eigenvalue weighted by molar-refractivity contribution is 7.80. The van der Waals surface area contributed by atoms with E-state index in [1.807, 2.05) is 54.6 Å². The zero-order valence-electron chi connectivity index (χ0n) is 11.4. The third-order valence-electron chi connectivity index (χ3n) is 2.44. The van der Waals surface area contributed by atoms with E-state index in [0.717, 1.165) is 17.2 Å². The van der Waals surface area contributed by atoms with E-state index in [1.54, 1.807) is 0 Å².